The van der Waals surface area contributed by atoms with Gasteiger partial charge in [0.2, 0.25) is 0 Å². The van der Waals surface area contributed by atoms with Crippen LogP contribution < -0.4 is 5.32 Å². The van der Waals surface area contributed by atoms with E-state index in [-0.39, 0.29) is 5.91 Å². The average molecular weight is 426 g/mol. The van der Waals surface area contributed by atoms with E-state index < -0.39 is 0 Å². The summed E-state index contributed by atoms with van der Waals surface area (Å²) in [5.74, 6) is 0.707. The summed E-state index contributed by atoms with van der Waals surface area (Å²) < 4.78 is 1.76. The van der Waals surface area contributed by atoms with Crippen LogP contribution in [-0.2, 0) is 0 Å². The number of hydrogen-bond acceptors (Lipinski definition) is 1. The Morgan fingerprint density at radius 1 is 1.41 bits per heavy atom. The van der Waals surface area contributed by atoms with Crippen LogP contribution in [0.4, 0.5) is 0 Å². The SMILES string of the molecule is O=C(NCC(Br)C1CC1)c1ccc(Br)cc1Br. The standard InChI is InChI=1S/C12H12Br3NO/c13-8-3-4-9(10(14)5-8)12(17)16-6-11(15)7-1-2-7/h3-5,7,11H,1-2,6H2,(H,16,17). The second-order valence-corrected chi connectivity index (χ2v) is 7.13. The van der Waals surface area contributed by atoms with Gasteiger partial charge in [-0.25, -0.2) is 0 Å². The molecule has 0 bridgehead atoms. The van der Waals surface area contributed by atoms with Gasteiger partial charge in [0.25, 0.3) is 5.91 Å². The van der Waals surface area contributed by atoms with Gasteiger partial charge in [0.1, 0.15) is 0 Å². The molecule has 0 aromatic heterocycles. The molecule has 0 heterocycles. The first-order chi connectivity index (χ1) is 8.08. The van der Waals surface area contributed by atoms with Gasteiger partial charge in [-0.2, -0.15) is 0 Å². The van der Waals surface area contributed by atoms with Crippen molar-refractivity contribution in [3.8, 4) is 0 Å². The predicted octanol–water partition coefficient (Wildman–Crippen LogP) is 4.11. The van der Waals surface area contributed by atoms with Crippen molar-refractivity contribution < 1.29 is 4.79 Å². The van der Waals surface area contributed by atoms with E-state index in [2.05, 4.69) is 53.1 Å². The van der Waals surface area contributed by atoms with Crippen LogP contribution in [0.5, 0.6) is 0 Å². The third-order valence-corrected chi connectivity index (χ3v) is 4.99. The zero-order valence-electron chi connectivity index (χ0n) is 9.05. The lowest BCUT2D eigenvalue weighted by Gasteiger charge is -2.11. The maximum atomic E-state index is 11.9. The van der Waals surface area contributed by atoms with Crippen molar-refractivity contribution in [2.75, 3.05) is 6.54 Å². The molecule has 1 unspecified atom stereocenters. The topological polar surface area (TPSA) is 29.1 Å². The molecule has 1 atom stereocenters. The molecule has 1 amide bonds. The molecule has 1 aromatic carbocycles. The molecule has 2 nitrogen and oxygen atoms in total. The van der Waals surface area contributed by atoms with E-state index in [4.69, 9.17) is 0 Å². The number of alkyl halides is 1. The Bertz CT molecular complexity index is 432. The van der Waals surface area contributed by atoms with Gasteiger partial charge in [0, 0.05) is 20.3 Å². The Morgan fingerprint density at radius 3 is 2.71 bits per heavy atom. The van der Waals surface area contributed by atoms with Gasteiger partial charge in [-0.15, -0.1) is 0 Å². The van der Waals surface area contributed by atoms with E-state index in [1.165, 1.54) is 12.8 Å². The maximum Gasteiger partial charge on any atom is 0.252 e. The minimum atomic E-state index is -0.0329. The summed E-state index contributed by atoms with van der Waals surface area (Å²) in [6.45, 7) is 0.687. The van der Waals surface area contributed by atoms with Crippen LogP contribution in [0.2, 0.25) is 0 Å². The Morgan fingerprint density at radius 2 is 2.12 bits per heavy atom. The summed E-state index contributed by atoms with van der Waals surface area (Å²) in [6.07, 6.45) is 2.54. The van der Waals surface area contributed by atoms with Crippen molar-refractivity contribution in [1.82, 2.24) is 5.32 Å². The molecular weight excluding hydrogens is 414 g/mol. The van der Waals surface area contributed by atoms with Gasteiger partial charge < -0.3 is 5.32 Å². The molecular formula is C12H12Br3NO. The summed E-state index contributed by atoms with van der Waals surface area (Å²) in [7, 11) is 0. The van der Waals surface area contributed by atoms with Crippen LogP contribution in [0.1, 0.15) is 23.2 Å². The first kappa shape index (κ1) is 13.6. The lowest BCUT2D eigenvalue weighted by Crippen LogP contribution is -2.30. The lowest BCUT2D eigenvalue weighted by atomic mass is 10.2. The third kappa shape index (κ3) is 3.80. The molecule has 1 aliphatic carbocycles. The first-order valence-electron chi connectivity index (χ1n) is 5.45. The Balaban J connectivity index is 1.94. The van der Waals surface area contributed by atoms with Crippen LogP contribution in [0.25, 0.3) is 0 Å². The number of carbonyl (C=O) groups is 1. The molecule has 1 fully saturated rings. The minimum Gasteiger partial charge on any atom is -0.351 e. The van der Waals surface area contributed by atoms with E-state index in [1.54, 1.807) is 0 Å². The molecule has 0 aliphatic heterocycles. The van der Waals surface area contributed by atoms with Crippen molar-refractivity contribution in [2.24, 2.45) is 5.92 Å². The summed E-state index contributed by atoms with van der Waals surface area (Å²) >= 11 is 10.4. The molecule has 1 aliphatic rings. The average Bonchev–Trinajstić information content (AvgIpc) is 3.09. The Hall–Kier alpha value is 0.130. The molecule has 2 rings (SSSR count). The number of rotatable bonds is 4. The third-order valence-electron chi connectivity index (χ3n) is 2.77. The van der Waals surface area contributed by atoms with E-state index in [1.807, 2.05) is 18.2 Å². The highest BCUT2D eigenvalue weighted by Gasteiger charge is 2.29. The number of carbonyl (C=O) groups excluding carboxylic acids is 1. The fraction of sp³-hybridized carbons (Fsp3) is 0.417. The van der Waals surface area contributed by atoms with Gasteiger partial charge in [-0.05, 0) is 52.9 Å². The molecule has 0 spiro atoms. The summed E-state index contributed by atoms with van der Waals surface area (Å²) in [5, 5.41) is 2.95. The normalized spacial score (nSPS) is 16.6. The summed E-state index contributed by atoms with van der Waals surface area (Å²) in [4.78, 5) is 12.4. The van der Waals surface area contributed by atoms with Crippen molar-refractivity contribution in [3.05, 3.63) is 32.7 Å². The molecule has 92 valence electrons. The van der Waals surface area contributed by atoms with Crippen molar-refractivity contribution in [2.45, 2.75) is 17.7 Å². The highest BCUT2D eigenvalue weighted by atomic mass is 79.9. The van der Waals surface area contributed by atoms with Crippen LogP contribution in [0.3, 0.4) is 0 Å². The predicted molar refractivity (Wildman–Crippen MR) is 79.6 cm³/mol. The Labute approximate surface area is 126 Å². The molecule has 1 aromatic rings. The maximum absolute atomic E-state index is 11.9. The Kier molecular flexibility index (Phi) is 4.66. The minimum absolute atomic E-state index is 0.0329. The fourth-order valence-electron chi connectivity index (χ4n) is 1.58. The second-order valence-electron chi connectivity index (χ2n) is 4.19. The quantitative estimate of drug-likeness (QED) is 0.722. The summed E-state index contributed by atoms with van der Waals surface area (Å²) in [5.41, 5.74) is 0.670. The van der Waals surface area contributed by atoms with Crippen LogP contribution in [0, 0.1) is 5.92 Å². The lowest BCUT2D eigenvalue weighted by molar-refractivity contribution is 0.0952. The van der Waals surface area contributed by atoms with E-state index in [0.717, 1.165) is 14.9 Å². The zero-order valence-corrected chi connectivity index (χ0v) is 13.8. The van der Waals surface area contributed by atoms with Gasteiger partial charge in [0.15, 0.2) is 0 Å². The van der Waals surface area contributed by atoms with E-state index >= 15 is 0 Å². The molecule has 17 heavy (non-hydrogen) atoms. The molecule has 1 N–H and O–H groups in total. The largest absolute Gasteiger partial charge is 0.351 e. The smallest absolute Gasteiger partial charge is 0.252 e. The highest BCUT2D eigenvalue weighted by Crippen LogP contribution is 2.36. The van der Waals surface area contributed by atoms with E-state index in [9.17, 15) is 4.79 Å². The number of halogens is 3. The number of hydrogen-bond donors (Lipinski definition) is 1. The van der Waals surface area contributed by atoms with Crippen molar-refractivity contribution in [3.63, 3.8) is 0 Å². The first-order valence-corrected chi connectivity index (χ1v) is 7.95. The van der Waals surface area contributed by atoms with Crippen LogP contribution in [0.15, 0.2) is 27.1 Å². The number of nitrogens with one attached hydrogen (secondary N) is 1. The van der Waals surface area contributed by atoms with E-state index in [0.29, 0.717) is 16.9 Å². The van der Waals surface area contributed by atoms with Gasteiger partial charge in [0.05, 0.1) is 5.56 Å². The number of benzene rings is 1. The monoisotopic (exact) mass is 423 g/mol. The highest BCUT2D eigenvalue weighted by molar-refractivity contribution is 9.11. The fourth-order valence-corrected chi connectivity index (χ4v) is 3.50. The number of amides is 1. The molecule has 0 saturated heterocycles. The molecule has 5 heteroatoms. The van der Waals surface area contributed by atoms with Crippen molar-refractivity contribution in [1.29, 1.82) is 0 Å². The van der Waals surface area contributed by atoms with Crippen LogP contribution >= 0.6 is 47.8 Å². The van der Waals surface area contributed by atoms with Gasteiger partial charge in [-0.1, -0.05) is 31.9 Å². The van der Waals surface area contributed by atoms with Gasteiger partial charge in [-0.3, -0.25) is 4.79 Å². The van der Waals surface area contributed by atoms with Gasteiger partial charge >= 0.3 is 0 Å². The molecule has 1 saturated carbocycles. The second kappa shape index (κ2) is 5.85. The zero-order chi connectivity index (χ0) is 12.4. The van der Waals surface area contributed by atoms with Crippen LogP contribution in [-0.4, -0.2) is 17.3 Å². The summed E-state index contributed by atoms with van der Waals surface area (Å²) in [6, 6.07) is 5.55. The molecule has 0 radical (unpaired) electrons. The van der Waals surface area contributed by atoms with Crippen molar-refractivity contribution >= 4 is 53.7 Å².